The van der Waals surface area contributed by atoms with Gasteiger partial charge in [0.2, 0.25) is 0 Å². The maximum Gasteiger partial charge on any atom is 0.359 e. The monoisotopic (exact) mass is 256 g/mol. The zero-order valence-electron chi connectivity index (χ0n) is 9.93. The summed E-state index contributed by atoms with van der Waals surface area (Å²) in [6.07, 6.45) is 2.06. The minimum atomic E-state index is -0.475. The first-order chi connectivity index (χ1) is 8.17. The van der Waals surface area contributed by atoms with Crippen molar-refractivity contribution in [3.05, 3.63) is 10.7 Å². The summed E-state index contributed by atoms with van der Waals surface area (Å²) in [5.41, 5.74) is 6.02. The Bertz CT molecular complexity index is 419. The summed E-state index contributed by atoms with van der Waals surface area (Å²) in [5, 5.41) is 1.31. The Morgan fingerprint density at radius 3 is 3.12 bits per heavy atom. The van der Waals surface area contributed by atoms with Gasteiger partial charge in [-0.3, -0.25) is 0 Å². The van der Waals surface area contributed by atoms with Crippen molar-refractivity contribution in [3.63, 3.8) is 0 Å². The van der Waals surface area contributed by atoms with Crippen molar-refractivity contribution in [1.82, 2.24) is 4.98 Å². The van der Waals surface area contributed by atoms with Crippen LogP contribution in [0, 0.1) is 0 Å². The lowest BCUT2D eigenvalue weighted by Crippen LogP contribution is -2.13. The lowest BCUT2D eigenvalue weighted by molar-refractivity contribution is 0.0595. The third-order valence-corrected chi connectivity index (χ3v) is 3.99. The molecule has 0 aromatic carbocycles. The van der Waals surface area contributed by atoms with Crippen LogP contribution in [0.5, 0.6) is 0 Å². The van der Waals surface area contributed by atoms with Crippen LogP contribution >= 0.6 is 11.3 Å². The number of esters is 1. The molecule has 0 saturated carbocycles. The molecule has 0 aliphatic carbocycles. The molecule has 1 saturated heterocycles. The van der Waals surface area contributed by atoms with Crippen molar-refractivity contribution < 1.29 is 14.3 Å². The number of thiazole rings is 1. The van der Waals surface area contributed by atoms with Crippen molar-refractivity contribution in [3.8, 4) is 0 Å². The van der Waals surface area contributed by atoms with Crippen LogP contribution < -0.4 is 5.73 Å². The van der Waals surface area contributed by atoms with Crippen molar-refractivity contribution in [1.29, 1.82) is 0 Å². The number of methoxy groups -OCH3 is 1. The fourth-order valence-electron chi connectivity index (χ4n) is 2.08. The van der Waals surface area contributed by atoms with Crippen molar-refractivity contribution >= 4 is 22.3 Å². The average molecular weight is 256 g/mol. The van der Waals surface area contributed by atoms with Crippen molar-refractivity contribution in [2.45, 2.75) is 31.8 Å². The van der Waals surface area contributed by atoms with E-state index in [9.17, 15) is 4.79 Å². The second-order valence-corrected chi connectivity index (χ2v) is 5.03. The highest BCUT2D eigenvalue weighted by molar-refractivity contribution is 7.16. The Kier molecular flexibility index (Phi) is 3.63. The van der Waals surface area contributed by atoms with Crippen LogP contribution in [0.15, 0.2) is 0 Å². The number of carbonyl (C=O) groups excluding carboxylic acids is 1. The normalized spacial score (nSPS) is 23.9. The van der Waals surface area contributed by atoms with Crippen molar-refractivity contribution in [2.24, 2.45) is 0 Å². The molecule has 5 nitrogen and oxygen atoms in total. The molecule has 1 aromatic rings. The molecular weight excluding hydrogens is 240 g/mol. The van der Waals surface area contributed by atoms with E-state index < -0.39 is 5.97 Å². The molecule has 17 heavy (non-hydrogen) atoms. The van der Waals surface area contributed by atoms with Gasteiger partial charge < -0.3 is 15.2 Å². The molecule has 2 unspecified atom stereocenters. The SMILES string of the molecule is CCC1OCCC1c1nc(C(=O)OC)c(N)s1. The van der Waals surface area contributed by atoms with Gasteiger partial charge in [-0.05, 0) is 12.8 Å². The molecule has 2 heterocycles. The highest BCUT2D eigenvalue weighted by atomic mass is 32.1. The first kappa shape index (κ1) is 12.3. The number of ether oxygens (including phenoxy) is 2. The lowest BCUT2D eigenvalue weighted by Gasteiger charge is -2.13. The van der Waals surface area contributed by atoms with Gasteiger partial charge in [0.05, 0.1) is 13.2 Å². The smallest absolute Gasteiger partial charge is 0.359 e. The van der Waals surface area contributed by atoms with Gasteiger partial charge >= 0.3 is 5.97 Å². The van der Waals surface area contributed by atoms with E-state index in [1.807, 2.05) is 0 Å². The summed E-state index contributed by atoms with van der Waals surface area (Å²) in [5.74, 6) is -0.220. The van der Waals surface area contributed by atoms with Crippen LogP contribution in [0.2, 0.25) is 0 Å². The summed E-state index contributed by atoms with van der Waals surface area (Å²) in [7, 11) is 1.33. The molecule has 0 bridgehead atoms. The fourth-order valence-corrected chi connectivity index (χ4v) is 3.09. The Hall–Kier alpha value is -1.14. The van der Waals surface area contributed by atoms with Gasteiger partial charge in [0.1, 0.15) is 10.0 Å². The zero-order valence-corrected chi connectivity index (χ0v) is 10.8. The molecule has 0 amide bonds. The number of nitrogens with two attached hydrogens (primary N) is 1. The molecular formula is C11H16N2O3S. The van der Waals surface area contributed by atoms with Crippen LogP contribution in [-0.2, 0) is 9.47 Å². The summed E-state index contributed by atoms with van der Waals surface area (Å²) in [4.78, 5) is 15.7. The summed E-state index contributed by atoms with van der Waals surface area (Å²) in [6.45, 7) is 2.83. The topological polar surface area (TPSA) is 74.4 Å². The van der Waals surface area contributed by atoms with Gasteiger partial charge in [-0.1, -0.05) is 6.92 Å². The largest absolute Gasteiger partial charge is 0.464 e. The highest BCUT2D eigenvalue weighted by Crippen LogP contribution is 2.37. The molecule has 1 fully saturated rings. The number of anilines is 1. The van der Waals surface area contributed by atoms with Gasteiger partial charge in [0.25, 0.3) is 0 Å². The summed E-state index contributed by atoms with van der Waals surface area (Å²) in [6, 6.07) is 0. The summed E-state index contributed by atoms with van der Waals surface area (Å²) < 4.78 is 10.3. The molecule has 0 radical (unpaired) electrons. The minimum absolute atomic E-state index is 0.186. The van der Waals surface area contributed by atoms with Crippen LogP contribution in [0.3, 0.4) is 0 Å². The van der Waals surface area contributed by atoms with Crippen LogP contribution in [0.25, 0.3) is 0 Å². The third-order valence-electron chi connectivity index (χ3n) is 2.98. The summed E-state index contributed by atoms with van der Waals surface area (Å²) >= 11 is 1.36. The predicted molar refractivity (Wildman–Crippen MR) is 65.3 cm³/mol. The standard InChI is InChI=1S/C11H16N2O3S/c1-3-7-6(4-5-16-7)10-13-8(9(12)17-10)11(14)15-2/h6-7H,3-5,12H2,1-2H3. The van der Waals surface area contributed by atoms with Gasteiger partial charge in [-0.15, -0.1) is 11.3 Å². The number of aromatic nitrogens is 1. The minimum Gasteiger partial charge on any atom is -0.464 e. The number of carbonyl (C=O) groups is 1. The first-order valence-corrected chi connectivity index (χ1v) is 6.45. The second kappa shape index (κ2) is 5.01. The lowest BCUT2D eigenvalue weighted by atomic mass is 10.0. The highest BCUT2D eigenvalue weighted by Gasteiger charge is 2.32. The van der Waals surface area contributed by atoms with E-state index >= 15 is 0 Å². The van der Waals surface area contributed by atoms with Gasteiger partial charge in [-0.25, -0.2) is 9.78 Å². The van der Waals surface area contributed by atoms with Crippen LogP contribution in [0.4, 0.5) is 5.00 Å². The van der Waals surface area contributed by atoms with Crippen molar-refractivity contribution in [2.75, 3.05) is 19.5 Å². The molecule has 1 aliphatic rings. The Balaban J connectivity index is 2.25. The van der Waals surface area contributed by atoms with E-state index in [-0.39, 0.29) is 17.7 Å². The number of hydrogen-bond donors (Lipinski definition) is 1. The number of hydrogen-bond acceptors (Lipinski definition) is 6. The maximum absolute atomic E-state index is 11.4. The van der Waals surface area contributed by atoms with E-state index in [1.54, 1.807) is 0 Å². The van der Waals surface area contributed by atoms with Gasteiger partial charge in [-0.2, -0.15) is 0 Å². The fraction of sp³-hybridized carbons (Fsp3) is 0.636. The van der Waals surface area contributed by atoms with Crippen LogP contribution in [0.1, 0.15) is 41.2 Å². The number of nitrogen functional groups attached to an aromatic ring is 1. The molecule has 6 heteroatoms. The van der Waals surface area contributed by atoms with E-state index in [2.05, 4.69) is 16.6 Å². The quantitative estimate of drug-likeness (QED) is 0.835. The zero-order chi connectivity index (χ0) is 12.4. The molecule has 0 spiro atoms. The average Bonchev–Trinajstić information content (AvgIpc) is 2.93. The van der Waals surface area contributed by atoms with Gasteiger partial charge in [0.15, 0.2) is 5.69 Å². The molecule has 2 N–H and O–H groups in total. The predicted octanol–water partition coefficient (Wildman–Crippen LogP) is 1.79. The number of rotatable bonds is 3. The molecule has 94 valence electrons. The molecule has 2 atom stereocenters. The van der Waals surface area contributed by atoms with E-state index in [0.29, 0.717) is 5.00 Å². The first-order valence-electron chi connectivity index (χ1n) is 5.63. The van der Waals surface area contributed by atoms with E-state index in [1.165, 1.54) is 18.4 Å². The van der Waals surface area contributed by atoms with E-state index in [0.717, 1.165) is 24.5 Å². The van der Waals surface area contributed by atoms with Gasteiger partial charge in [0, 0.05) is 12.5 Å². The number of nitrogens with zero attached hydrogens (tertiary/aromatic N) is 1. The molecule has 1 aliphatic heterocycles. The second-order valence-electron chi connectivity index (χ2n) is 3.97. The Morgan fingerprint density at radius 1 is 1.71 bits per heavy atom. The Labute approximate surface area is 104 Å². The molecule has 1 aromatic heterocycles. The Morgan fingerprint density at radius 2 is 2.47 bits per heavy atom. The van der Waals surface area contributed by atoms with Crippen LogP contribution in [-0.4, -0.2) is 30.8 Å². The maximum atomic E-state index is 11.4. The molecule has 2 rings (SSSR count). The van der Waals surface area contributed by atoms with E-state index in [4.69, 9.17) is 10.5 Å². The third kappa shape index (κ3) is 2.28.